The van der Waals surface area contributed by atoms with E-state index in [1.165, 1.54) is 19.3 Å². The summed E-state index contributed by atoms with van der Waals surface area (Å²) < 4.78 is 5.53. The van der Waals surface area contributed by atoms with Crippen LogP contribution in [0, 0.1) is 11.8 Å². The lowest BCUT2D eigenvalue weighted by atomic mass is 9.79. The first kappa shape index (κ1) is 12.3. The van der Waals surface area contributed by atoms with Crippen LogP contribution in [0.2, 0.25) is 0 Å². The van der Waals surface area contributed by atoms with Crippen LogP contribution in [0.25, 0.3) is 0 Å². The first-order chi connectivity index (χ1) is 7.70. The molecular weight excluding hydrogens is 200 g/mol. The number of nitrogens with two attached hydrogens (primary N) is 1. The van der Waals surface area contributed by atoms with Crippen molar-refractivity contribution in [3.63, 3.8) is 0 Å². The van der Waals surface area contributed by atoms with Gasteiger partial charge in [-0.15, -0.1) is 0 Å². The molecular formula is C13H26N2O. The predicted molar refractivity (Wildman–Crippen MR) is 66.3 cm³/mol. The zero-order valence-corrected chi connectivity index (χ0v) is 10.7. The molecule has 0 bridgehead atoms. The van der Waals surface area contributed by atoms with Crippen molar-refractivity contribution in [1.29, 1.82) is 0 Å². The summed E-state index contributed by atoms with van der Waals surface area (Å²) in [4.78, 5) is 2.62. The van der Waals surface area contributed by atoms with E-state index in [-0.39, 0.29) is 0 Å². The maximum Gasteiger partial charge on any atom is 0.0634 e. The van der Waals surface area contributed by atoms with Crippen LogP contribution in [-0.4, -0.2) is 43.3 Å². The van der Waals surface area contributed by atoms with Crippen molar-refractivity contribution in [3.8, 4) is 0 Å². The highest BCUT2D eigenvalue weighted by Crippen LogP contribution is 2.32. The van der Waals surface area contributed by atoms with Gasteiger partial charge in [-0.1, -0.05) is 13.8 Å². The minimum Gasteiger partial charge on any atom is -0.378 e. The highest BCUT2D eigenvalue weighted by Gasteiger charge is 2.33. The van der Waals surface area contributed by atoms with Gasteiger partial charge in [-0.3, -0.25) is 4.90 Å². The Kier molecular flexibility index (Phi) is 4.22. The standard InChI is InChI=1S/C13H26N2O/c1-10-5-11(2)7-12(6-10)15-3-4-16-9-13(15)8-14/h10-13H,3-9,14H2,1-2H3. The van der Waals surface area contributed by atoms with Gasteiger partial charge in [0.25, 0.3) is 0 Å². The molecule has 3 nitrogen and oxygen atoms in total. The zero-order valence-electron chi connectivity index (χ0n) is 10.7. The topological polar surface area (TPSA) is 38.5 Å². The highest BCUT2D eigenvalue weighted by atomic mass is 16.5. The summed E-state index contributed by atoms with van der Waals surface area (Å²) in [5, 5.41) is 0. The van der Waals surface area contributed by atoms with Gasteiger partial charge in [-0.05, 0) is 31.1 Å². The zero-order chi connectivity index (χ0) is 11.5. The van der Waals surface area contributed by atoms with Gasteiger partial charge in [0, 0.05) is 25.2 Å². The Morgan fingerprint density at radius 1 is 1.19 bits per heavy atom. The molecule has 2 aliphatic rings. The molecule has 3 unspecified atom stereocenters. The number of ether oxygens (including phenoxy) is 1. The maximum absolute atomic E-state index is 5.85. The van der Waals surface area contributed by atoms with E-state index in [2.05, 4.69) is 18.7 Å². The van der Waals surface area contributed by atoms with Gasteiger partial charge in [0.1, 0.15) is 0 Å². The minimum absolute atomic E-state index is 0.455. The third-order valence-electron chi connectivity index (χ3n) is 4.17. The molecule has 0 aromatic rings. The van der Waals surface area contributed by atoms with E-state index in [4.69, 9.17) is 10.5 Å². The molecule has 94 valence electrons. The molecule has 0 aromatic carbocycles. The van der Waals surface area contributed by atoms with Crippen molar-refractivity contribution in [2.75, 3.05) is 26.3 Å². The van der Waals surface area contributed by atoms with E-state index in [9.17, 15) is 0 Å². The lowest BCUT2D eigenvalue weighted by Gasteiger charge is -2.44. The van der Waals surface area contributed by atoms with Gasteiger partial charge in [0.05, 0.1) is 13.2 Å². The summed E-state index contributed by atoms with van der Waals surface area (Å²) in [6.07, 6.45) is 4.09. The average molecular weight is 226 g/mol. The molecule has 3 atom stereocenters. The van der Waals surface area contributed by atoms with Crippen molar-refractivity contribution >= 4 is 0 Å². The molecule has 3 heteroatoms. The second kappa shape index (κ2) is 5.48. The van der Waals surface area contributed by atoms with Gasteiger partial charge in [-0.25, -0.2) is 0 Å². The molecule has 0 amide bonds. The van der Waals surface area contributed by atoms with Crippen molar-refractivity contribution in [2.45, 2.75) is 45.2 Å². The Bertz CT molecular complexity index is 212. The van der Waals surface area contributed by atoms with Crippen molar-refractivity contribution in [2.24, 2.45) is 17.6 Å². The van der Waals surface area contributed by atoms with Crippen LogP contribution in [0.5, 0.6) is 0 Å². The Morgan fingerprint density at radius 2 is 1.88 bits per heavy atom. The molecule has 1 aliphatic carbocycles. The van der Waals surface area contributed by atoms with E-state index >= 15 is 0 Å². The summed E-state index contributed by atoms with van der Waals surface area (Å²) in [6.45, 7) is 8.30. The highest BCUT2D eigenvalue weighted by molar-refractivity contribution is 4.87. The summed E-state index contributed by atoms with van der Waals surface area (Å²) in [6, 6.07) is 1.20. The normalized spacial score (nSPS) is 42.2. The van der Waals surface area contributed by atoms with Crippen LogP contribution in [0.15, 0.2) is 0 Å². The van der Waals surface area contributed by atoms with Crippen LogP contribution in [-0.2, 0) is 4.74 Å². The van der Waals surface area contributed by atoms with Crippen molar-refractivity contribution in [3.05, 3.63) is 0 Å². The van der Waals surface area contributed by atoms with Gasteiger partial charge in [0.15, 0.2) is 0 Å². The summed E-state index contributed by atoms with van der Waals surface area (Å²) >= 11 is 0. The first-order valence-corrected chi connectivity index (χ1v) is 6.74. The van der Waals surface area contributed by atoms with E-state index < -0.39 is 0 Å². The molecule has 1 heterocycles. The van der Waals surface area contributed by atoms with Gasteiger partial charge in [0.2, 0.25) is 0 Å². The van der Waals surface area contributed by atoms with E-state index in [1.807, 2.05) is 0 Å². The first-order valence-electron chi connectivity index (χ1n) is 6.74. The average Bonchev–Trinajstić information content (AvgIpc) is 2.27. The summed E-state index contributed by atoms with van der Waals surface area (Å²) in [5.41, 5.74) is 5.85. The molecule has 2 fully saturated rings. The number of hydrogen-bond acceptors (Lipinski definition) is 3. The number of nitrogens with zero attached hydrogens (tertiary/aromatic N) is 1. The SMILES string of the molecule is CC1CC(C)CC(N2CCOCC2CN)C1. The molecule has 2 rings (SSSR count). The smallest absolute Gasteiger partial charge is 0.0634 e. The largest absolute Gasteiger partial charge is 0.378 e. The number of morpholine rings is 1. The second-order valence-corrected chi connectivity index (χ2v) is 5.77. The molecule has 16 heavy (non-hydrogen) atoms. The van der Waals surface area contributed by atoms with Crippen LogP contribution in [0.4, 0.5) is 0 Å². The quantitative estimate of drug-likeness (QED) is 0.775. The third-order valence-corrected chi connectivity index (χ3v) is 4.17. The Hall–Kier alpha value is -0.120. The molecule has 0 spiro atoms. The lowest BCUT2D eigenvalue weighted by Crippen LogP contribution is -2.55. The Morgan fingerprint density at radius 3 is 2.50 bits per heavy atom. The number of hydrogen-bond donors (Lipinski definition) is 1. The lowest BCUT2D eigenvalue weighted by molar-refractivity contribution is -0.0410. The van der Waals surface area contributed by atoms with Gasteiger partial charge in [-0.2, -0.15) is 0 Å². The monoisotopic (exact) mass is 226 g/mol. The summed E-state index contributed by atoms with van der Waals surface area (Å²) in [5.74, 6) is 1.74. The van der Waals surface area contributed by atoms with Crippen molar-refractivity contribution < 1.29 is 4.74 Å². The molecule has 2 N–H and O–H groups in total. The van der Waals surface area contributed by atoms with Crippen LogP contribution >= 0.6 is 0 Å². The Balaban J connectivity index is 1.98. The minimum atomic E-state index is 0.455. The third kappa shape index (κ3) is 2.76. The maximum atomic E-state index is 5.85. The van der Waals surface area contributed by atoms with Crippen molar-refractivity contribution in [1.82, 2.24) is 4.90 Å². The van der Waals surface area contributed by atoms with Gasteiger partial charge >= 0.3 is 0 Å². The van der Waals surface area contributed by atoms with E-state index in [1.54, 1.807) is 0 Å². The van der Waals surface area contributed by atoms with Crippen LogP contribution < -0.4 is 5.73 Å². The second-order valence-electron chi connectivity index (χ2n) is 5.77. The molecule has 1 saturated carbocycles. The van der Waals surface area contributed by atoms with E-state index in [0.717, 1.165) is 44.2 Å². The fourth-order valence-corrected chi connectivity index (χ4v) is 3.53. The van der Waals surface area contributed by atoms with E-state index in [0.29, 0.717) is 6.04 Å². The van der Waals surface area contributed by atoms with Crippen LogP contribution in [0.1, 0.15) is 33.1 Å². The fraction of sp³-hybridized carbons (Fsp3) is 1.00. The predicted octanol–water partition coefficient (Wildman–Crippen LogP) is 1.47. The summed E-state index contributed by atoms with van der Waals surface area (Å²) in [7, 11) is 0. The molecule has 1 aliphatic heterocycles. The number of rotatable bonds is 2. The Labute approximate surface area is 99.3 Å². The molecule has 0 radical (unpaired) electrons. The molecule has 1 saturated heterocycles. The van der Waals surface area contributed by atoms with Crippen LogP contribution in [0.3, 0.4) is 0 Å². The van der Waals surface area contributed by atoms with Gasteiger partial charge < -0.3 is 10.5 Å². The fourth-order valence-electron chi connectivity index (χ4n) is 3.53. The molecule has 0 aromatic heterocycles.